The van der Waals surface area contributed by atoms with E-state index in [9.17, 15) is 4.79 Å². The fourth-order valence-corrected chi connectivity index (χ4v) is 2.05. The van der Waals surface area contributed by atoms with E-state index in [1.54, 1.807) is 24.3 Å². The van der Waals surface area contributed by atoms with E-state index in [1.165, 1.54) is 0 Å². The van der Waals surface area contributed by atoms with Gasteiger partial charge in [-0.15, -0.1) is 0 Å². The molecule has 0 aromatic heterocycles. The molecule has 3 heteroatoms. The lowest BCUT2D eigenvalue weighted by Gasteiger charge is -2.32. The van der Waals surface area contributed by atoms with Crippen molar-refractivity contribution in [1.29, 1.82) is 0 Å². The molecule has 0 aliphatic heterocycles. The van der Waals surface area contributed by atoms with Gasteiger partial charge in [-0.05, 0) is 34.9 Å². The number of aliphatic imine (C=N–C) groups is 1. The first kappa shape index (κ1) is 17.4. The Morgan fingerprint density at radius 2 is 1.67 bits per heavy atom. The molecule has 1 aromatic carbocycles. The summed E-state index contributed by atoms with van der Waals surface area (Å²) in [5, 5.41) is 8.89. The van der Waals surface area contributed by atoms with Gasteiger partial charge in [0.2, 0.25) is 0 Å². The predicted molar refractivity (Wildman–Crippen MR) is 88.3 cm³/mol. The van der Waals surface area contributed by atoms with E-state index < -0.39 is 5.97 Å². The molecule has 0 amide bonds. The number of carbonyl (C=O) groups is 1. The van der Waals surface area contributed by atoms with Crippen LogP contribution in [0.25, 0.3) is 0 Å². The van der Waals surface area contributed by atoms with Gasteiger partial charge in [-0.1, -0.05) is 53.7 Å². The Morgan fingerprint density at radius 1 is 1.14 bits per heavy atom. The predicted octanol–water partition coefficient (Wildman–Crippen LogP) is 4.65. The molecular weight excluding hydrogens is 262 g/mol. The highest BCUT2D eigenvalue weighted by atomic mass is 16.4. The van der Waals surface area contributed by atoms with Gasteiger partial charge in [-0.25, -0.2) is 4.79 Å². The van der Waals surface area contributed by atoms with Crippen molar-refractivity contribution in [2.75, 3.05) is 0 Å². The number of benzene rings is 1. The molecule has 1 N–H and O–H groups in total. The Morgan fingerprint density at radius 3 is 2.05 bits per heavy atom. The fourth-order valence-electron chi connectivity index (χ4n) is 2.05. The zero-order valence-electron chi connectivity index (χ0n) is 14.0. The quantitative estimate of drug-likeness (QED) is 0.820. The Labute approximate surface area is 128 Å². The molecule has 0 saturated heterocycles. The lowest BCUT2D eigenvalue weighted by molar-refractivity contribution is 0.0697. The number of carboxylic acid groups (broad SMARTS) is 1. The second-order valence-electron chi connectivity index (χ2n) is 7.85. The number of aromatic carboxylic acids is 1. The minimum absolute atomic E-state index is 0.102. The average Bonchev–Trinajstić information content (AvgIpc) is 2.32. The topological polar surface area (TPSA) is 49.7 Å². The molecule has 3 nitrogen and oxygen atoms in total. The highest BCUT2D eigenvalue weighted by Crippen LogP contribution is 2.32. The van der Waals surface area contributed by atoms with Gasteiger partial charge >= 0.3 is 5.97 Å². The number of carboxylic acids is 1. The van der Waals surface area contributed by atoms with Crippen molar-refractivity contribution in [1.82, 2.24) is 0 Å². The Balaban J connectivity index is 2.90. The minimum atomic E-state index is -0.904. The van der Waals surface area contributed by atoms with Crippen molar-refractivity contribution in [3.8, 4) is 0 Å². The van der Waals surface area contributed by atoms with Crippen LogP contribution in [0.1, 0.15) is 63.9 Å². The molecule has 1 aromatic rings. The molecule has 0 aliphatic carbocycles. The molecule has 116 valence electrons. The summed E-state index contributed by atoms with van der Waals surface area (Å²) in [4.78, 5) is 15.6. The third-order valence-electron chi connectivity index (χ3n) is 3.37. The Kier molecular flexibility index (Phi) is 5.32. The van der Waals surface area contributed by atoms with Gasteiger partial charge in [0.25, 0.3) is 0 Å². The smallest absolute Gasteiger partial charge is 0.335 e. The first-order valence-electron chi connectivity index (χ1n) is 7.35. The standard InChI is InChI=1S/C18H27NO2/c1-17(2,3)11-15(18(4,5)6)19-12-13-7-9-14(10-8-13)16(20)21/h7-10,12,15H,11H2,1-6H3,(H,20,21). The average molecular weight is 289 g/mol. The van der Waals surface area contributed by atoms with Crippen molar-refractivity contribution in [2.45, 2.75) is 54.0 Å². The van der Waals surface area contributed by atoms with Crippen molar-refractivity contribution < 1.29 is 9.90 Å². The molecule has 0 fully saturated rings. The third-order valence-corrected chi connectivity index (χ3v) is 3.37. The van der Waals surface area contributed by atoms with Gasteiger partial charge in [-0.2, -0.15) is 0 Å². The van der Waals surface area contributed by atoms with Gasteiger partial charge in [0.05, 0.1) is 11.6 Å². The van der Waals surface area contributed by atoms with Crippen molar-refractivity contribution in [3.63, 3.8) is 0 Å². The molecule has 0 saturated carbocycles. The maximum atomic E-state index is 10.8. The SMILES string of the molecule is CC(C)(C)CC(N=Cc1ccc(C(=O)O)cc1)C(C)(C)C. The van der Waals surface area contributed by atoms with Crippen LogP contribution >= 0.6 is 0 Å². The molecule has 1 atom stereocenters. The molecule has 1 rings (SSSR count). The van der Waals surface area contributed by atoms with Crippen molar-refractivity contribution in [3.05, 3.63) is 35.4 Å². The highest BCUT2D eigenvalue weighted by molar-refractivity contribution is 5.89. The van der Waals surface area contributed by atoms with E-state index in [2.05, 4.69) is 41.5 Å². The number of hydrogen-bond acceptors (Lipinski definition) is 2. The van der Waals surface area contributed by atoms with E-state index in [4.69, 9.17) is 10.1 Å². The van der Waals surface area contributed by atoms with Crippen LogP contribution in [0.5, 0.6) is 0 Å². The summed E-state index contributed by atoms with van der Waals surface area (Å²) in [5.41, 5.74) is 1.56. The van der Waals surface area contributed by atoms with E-state index in [0.717, 1.165) is 12.0 Å². The zero-order valence-corrected chi connectivity index (χ0v) is 14.0. The van der Waals surface area contributed by atoms with E-state index in [0.29, 0.717) is 5.56 Å². The molecule has 0 spiro atoms. The first-order valence-corrected chi connectivity index (χ1v) is 7.35. The van der Waals surface area contributed by atoms with E-state index >= 15 is 0 Å². The van der Waals surface area contributed by atoms with Gasteiger partial charge in [0, 0.05) is 6.21 Å². The van der Waals surface area contributed by atoms with Gasteiger partial charge in [-0.3, -0.25) is 4.99 Å². The third kappa shape index (κ3) is 6.11. The molecule has 0 radical (unpaired) electrons. The molecule has 0 aliphatic rings. The van der Waals surface area contributed by atoms with Crippen LogP contribution < -0.4 is 0 Å². The van der Waals surface area contributed by atoms with E-state index in [1.807, 2.05) is 6.21 Å². The van der Waals surface area contributed by atoms with Crippen molar-refractivity contribution in [2.24, 2.45) is 15.8 Å². The molecule has 1 unspecified atom stereocenters. The molecule has 21 heavy (non-hydrogen) atoms. The Bertz CT molecular complexity index is 502. The maximum absolute atomic E-state index is 10.8. The summed E-state index contributed by atoms with van der Waals surface area (Å²) in [6.45, 7) is 13.3. The second-order valence-corrected chi connectivity index (χ2v) is 7.85. The second kappa shape index (κ2) is 6.42. The minimum Gasteiger partial charge on any atom is -0.478 e. The van der Waals surface area contributed by atoms with Crippen LogP contribution in [-0.2, 0) is 0 Å². The van der Waals surface area contributed by atoms with Crippen LogP contribution in [0.3, 0.4) is 0 Å². The van der Waals surface area contributed by atoms with Gasteiger partial charge in [0.15, 0.2) is 0 Å². The monoisotopic (exact) mass is 289 g/mol. The van der Waals surface area contributed by atoms with Crippen LogP contribution in [0.2, 0.25) is 0 Å². The largest absolute Gasteiger partial charge is 0.478 e. The van der Waals surface area contributed by atoms with Gasteiger partial charge in [0.1, 0.15) is 0 Å². The van der Waals surface area contributed by atoms with Crippen LogP contribution in [0.15, 0.2) is 29.3 Å². The number of nitrogens with zero attached hydrogens (tertiary/aromatic N) is 1. The maximum Gasteiger partial charge on any atom is 0.335 e. The summed E-state index contributed by atoms with van der Waals surface area (Å²) in [6.07, 6.45) is 2.87. The van der Waals surface area contributed by atoms with Crippen LogP contribution in [0, 0.1) is 10.8 Å². The lowest BCUT2D eigenvalue weighted by Crippen LogP contribution is -2.29. The van der Waals surface area contributed by atoms with Crippen molar-refractivity contribution >= 4 is 12.2 Å². The highest BCUT2D eigenvalue weighted by Gasteiger charge is 2.28. The summed E-state index contributed by atoms with van der Waals surface area (Å²) < 4.78 is 0. The normalized spacial score (nSPS) is 14.4. The van der Waals surface area contributed by atoms with Crippen LogP contribution in [-0.4, -0.2) is 23.3 Å². The zero-order chi connectivity index (χ0) is 16.3. The molecule has 0 heterocycles. The summed E-state index contributed by atoms with van der Waals surface area (Å²) >= 11 is 0. The summed E-state index contributed by atoms with van der Waals surface area (Å²) in [5.74, 6) is -0.904. The van der Waals surface area contributed by atoms with E-state index in [-0.39, 0.29) is 16.9 Å². The summed E-state index contributed by atoms with van der Waals surface area (Å²) in [6, 6.07) is 7.05. The van der Waals surface area contributed by atoms with Gasteiger partial charge < -0.3 is 5.11 Å². The summed E-state index contributed by atoms with van der Waals surface area (Å²) in [7, 11) is 0. The first-order chi connectivity index (χ1) is 9.49. The fraction of sp³-hybridized carbons (Fsp3) is 0.556. The number of rotatable bonds is 4. The number of hydrogen-bond donors (Lipinski definition) is 1. The molecule has 0 bridgehead atoms. The van der Waals surface area contributed by atoms with Crippen LogP contribution in [0.4, 0.5) is 0 Å². The lowest BCUT2D eigenvalue weighted by atomic mass is 9.77. The Hall–Kier alpha value is -1.64. The molecular formula is C18H27NO2.